The second-order valence-electron chi connectivity index (χ2n) is 5.39. The van der Waals surface area contributed by atoms with E-state index in [0.717, 1.165) is 24.0 Å². The molecule has 1 aromatic carbocycles. The number of amides is 1. The second kappa shape index (κ2) is 6.53. The van der Waals surface area contributed by atoms with Gasteiger partial charge in [0.25, 0.3) is 0 Å². The van der Waals surface area contributed by atoms with Gasteiger partial charge in [-0.25, -0.2) is 0 Å². The first-order chi connectivity index (χ1) is 9.10. The van der Waals surface area contributed by atoms with Gasteiger partial charge in [-0.2, -0.15) is 0 Å². The van der Waals surface area contributed by atoms with Crippen molar-refractivity contribution in [2.45, 2.75) is 25.7 Å². The monoisotopic (exact) mass is 324 g/mol. The van der Waals surface area contributed by atoms with E-state index in [1.54, 1.807) is 0 Å². The number of nitrogens with zero attached hydrogens (tertiary/aromatic N) is 1. The minimum absolute atomic E-state index is 0.256. The van der Waals surface area contributed by atoms with Crippen molar-refractivity contribution in [2.24, 2.45) is 11.7 Å². The van der Waals surface area contributed by atoms with E-state index in [4.69, 9.17) is 5.73 Å². The Hall–Kier alpha value is -0.870. The zero-order valence-electron chi connectivity index (χ0n) is 11.3. The second-order valence-corrected chi connectivity index (χ2v) is 6.30. The van der Waals surface area contributed by atoms with Crippen LogP contribution in [0.2, 0.25) is 0 Å². The Balaban J connectivity index is 1.90. The van der Waals surface area contributed by atoms with Crippen molar-refractivity contribution in [3.05, 3.63) is 34.3 Å². The van der Waals surface area contributed by atoms with Gasteiger partial charge in [0.15, 0.2) is 0 Å². The summed E-state index contributed by atoms with van der Waals surface area (Å²) in [5, 5.41) is 0. The minimum atomic E-state index is 0.256. The summed E-state index contributed by atoms with van der Waals surface area (Å²) in [6.07, 6.45) is 1.63. The molecule has 0 spiro atoms. The van der Waals surface area contributed by atoms with Crippen LogP contribution < -0.4 is 5.73 Å². The molecule has 19 heavy (non-hydrogen) atoms. The maximum atomic E-state index is 12.2. The van der Waals surface area contributed by atoms with E-state index in [0.29, 0.717) is 18.9 Å². The van der Waals surface area contributed by atoms with Gasteiger partial charge in [-0.1, -0.05) is 35.0 Å². The van der Waals surface area contributed by atoms with Gasteiger partial charge >= 0.3 is 0 Å². The molecule has 1 aromatic rings. The Labute approximate surface area is 123 Å². The van der Waals surface area contributed by atoms with Gasteiger partial charge in [0, 0.05) is 24.0 Å². The maximum Gasteiger partial charge on any atom is 0.223 e. The minimum Gasteiger partial charge on any atom is -0.342 e. The number of hydrogen-bond acceptors (Lipinski definition) is 2. The standard InChI is InChI=1S/C15H21BrN2O/c1-11(13-2-4-14(16)5-3-13)8-15(19)18-7-6-12(9-17)10-18/h2-5,11-12H,6-10,17H2,1H3. The molecular weight excluding hydrogens is 304 g/mol. The van der Waals surface area contributed by atoms with Crippen LogP contribution >= 0.6 is 15.9 Å². The highest BCUT2D eigenvalue weighted by Crippen LogP contribution is 2.24. The molecule has 0 radical (unpaired) electrons. The number of carbonyl (C=O) groups is 1. The van der Waals surface area contributed by atoms with E-state index in [9.17, 15) is 4.79 Å². The molecule has 1 heterocycles. The molecule has 1 aliphatic heterocycles. The van der Waals surface area contributed by atoms with Gasteiger partial charge in [0.1, 0.15) is 0 Å². The van der Waals surface area contributed by atoms with Crippen LogP contribution in [-0.2, 0) is 4.79 Å². The van der Waals surface area contributed by atoms with Gasteiger partial charge in [-0.05, 0) is 42.5 Å². The lowest BCUT2D eigenvalue weighted by molar-refractivity contribution is -0.130. The van der Waals surface area contributed by atoms with Crippen LogP contribution in [0.5, 0.6) is 0 Å². The van der Waals surface area contributed by atoms with E-state index < -0.39 is 0 Å². The zero-order valence-corrected chi connectivity index (χ0v) is 12.9. The molecule has 0 aliphatic carbocycles. The topological polar surface area (TPSA) is 46.3 Å². The molecule has 3 nitrogen and oxygen atoms in total. The molecule has 1 fully saturated rings. The number of halogens is 1. The molecule has 1 saturated heterocycles. The van der Waals surface area contributed by atoms with Crippen LogP contribution in [0.25, 0.3) is 0 Å². The van der Waals surface area contributed by atoms with Gasteiger partial charge in [-0.3, -0.25) is 4.79 Å². The molecule has 2 rings (SSSR count). The van der Waals surface area contributed by atoms with Crippen LogP contribution in [0.4, 0.5) is 0 Å². The highest BCUT2D eigenvalue weighted by molar-refractivity contribution is 9.10. The van der Waals surface area contributed by atoms with Crippen molar-refractivity contribution < 1.29 is 4.79 Å². The van der Waals surface area contributed by atoms with E-state index in [1.165, 1.54) is 5.56 Å². The quantitative estimate of drug-likeness (QED) is 0.925. The number of nitrogens with two attached hydrogens (primary N) is 1. The highest BCUT2D eigenvalue weighted by atomic mass is 79.9. The highest BCUT2D eigenvalue weighted by Gasteiger charge is 2.26. The lowest BCUT2D eigenvalue weighted by atomic mass is 9.97. The van der Waals surface area contributed by atoms with E-state index in [-0.39, 0.29) is 11.8 Å². The summed E-state index contributed by atoms with van der Waals surface area (Å²) in [4.78, 5) is 14.2. The number of likely N-dealkylation sites (tertiary alicyclic amines) is 1. The SMILES string of the molecule is CC(CC(=O)N1CCC(CN)C1)c1ccc(Br)cc1. The lowest BCUT2D eigenvalue weighted by Gasteiger charge is -2.19. The van der Waals surface area contributed by atoms with Crippen LogP contribution in [0.1, 0.15) is 31.2 Å². The lowest BCUT2D eigenvalue weighted by Crippen LogP contribution is -2.30. The fourth-order valence-corrected chi connectivity index (χ4v) is 2.82. The average molecular weight is 325 g/mol. The Bertz CT molecular complexity index is 432. The smallest absolute Gasteiger partial charge is 0.223 e. The molecule has 2 atom stereocenters. The molecule has 104 valence electrons. The normalized spacial score (nSPS) is 20.6. The fraction of sp³-hybridized carbons (Fsp3) is 0.533. The molecule has 0 bridgehead atoms. The summed E-state index contributed by atoms with van der Waals surface area (Å²) >= 11 is 3.43. The van der Waals surface area contributed by atoms with E-state index in [2.05, 4.69) is 35.0 Å². The molecule has 1 aliphatic rings. The van der Waals surface area contributed by atoms with Gasteiger partial charge in [0.2, 0.25) is 5.91 Å². The summed E-state index contributed by atoms with van der Waals surface area (Å²) in [6, 6.07) is 8.20. The number of carbonyl (C=O) groups excluding carboxylic acids is 1. The van der Waals surface area contributed by atoms with E-state index in [1.807, 2.05) is 17.0 Å². The summed E-state index contributed by atoms with van der Waals surface area (Å²) in [5.74, 6) is 1.01. The molecule has 1 amide bonds. The van der Waals surface area contributed by atoms with Crippen LogP contribution in [0.15, 0.2) is 28.7 Å². The number of benzene rings is 1. The average Bonchev–Trinajstić information content (AvgIpc) is 2.88. The Morgan fingerprint density at radius 3 is 2.74 bits per heavy atom. The van der Waals surface area contributed by atoms with Gasteiger partial charge in [0.05, 0.1) is 0 Å². The van der Waals surface area contributed by atoms with Crippen LogP contribution in [-0.4, -0.2) is 30.4 Å². The molecule has 0 saturated carbocycles. The third-order valence-electron chi connectivity index (χ3n) is 3.89. The van der Waals surface area contributed by atoms with Crippen molar-refractivity contribution in [3.63, 3.8) is 0 Å². The van der Waals surface area contributed by atoms with E-state index >= 15 is 0 Å². The first-order valence-corrected chi connectivity index (χ1v) is 7.62. The number of rotatable bonds is 4. The molecular formula is C15H21BrN2O. The van der Waals surface area contributed by atoms with Crippen molar-refractivity contribution >= 4 is 21.8 Å². The summed E-state index contributed by atoms with van der Waals surface area (Å²) in [6.45, 7) is 4.50. The zero-order chi connectivity index (χ0) is 13.8. The predicted octanol–water partition coefficient (Wildman–Crippen LogP) is 2.75. The first-order valence-electron chi connectivity index (χ1n) is 6.83. The summed E-state index contributed by atoms with van der Waals surface area (Å²) in [5.41, 5.74) is 6.87. The third-order valence-corrected chi connectivity index (χ3v) is 4.42. The Morgan fingerprint density at radius 2 is 2.16 bits per heavy atom. The molecule has 0 aromatic heterocycles. The Morgan fingerprint density at radius 1 is 1.47 bits per heavy atom. The number of hydrogen-bond donors (Lipinski definition) is 1. The predicted molar refractivity (Wildman–Crippen MR) is 80.9 cm³/mol. The summed E-state index contributed by atoms with van der Waals surface area (Å²) < 4.78 is 1.07. The van der Waals surface area contributed by atoms with Gasteiger partial charge in [-0.15, -0.1) is 0 Å². The fourth-order valence-electron chi connectivity index (χ4n) is 2.55. The van der Waals surface area contributed by atoms with Crippen molar-refractivity contribution in [1.29, 1.82) is 0 Å². The summed E-state index contributed by atoms with van der Waals surface area (Å²) in [7, 11) is 0. The van der Waals surface area contributed by atoms with Crippen LogP contribution in [0, 0.1) is 5.92 Å². The molecule has 2 N–H and O–H groups in total. The largest absolute Gasteiger partial charge is 0.342 e. The first kappa shape index (κ1) is 14.5. The van der Waals surface area contributed by atoms with Gasteiger partial charge < -0.3 is 10.6 Å². The molecule has 4 heteroatoms. The van der Waals surface area contributed by atoms with Crippen LogP contribution in [0.3, 0.4) is 0 Å². The Kier molecular flexibility index (Phi) is 4.99. The van der Waals surface area contributed by atoms with Crippen molar-refractivity contribution in [2.75, 3.05) is 19.6 Å². The van der Waals surface area contributed by atoms with Crippen molar-refractivity contribution in [3.8, 4) is 0 Å². The van der Waals surface area contributed by atoms with Crippen molar-refractivity contribution in [1.82, 2.24) is 4.90 Å². The maximum absolute atomic E-state index is 12.2. The molecule has 2 unspecified atom stereocenters. The third kappa shape index (κ3) is 3.80.